The van der Waals surface area contributed by atoms with E-state index in [0.29, 0.717) is 19.5 Å². The van der Waals surface area contributed by atoms with Crippen LogP contribution < -0.4 is 10.6 Å². The molecule has 0 aliphatic carbocycles. The Morgan fingerprint density at radius 1 is 0.774 bits per heavy atom. The first kappa shape index (κ1) is 37.5. The van der Waals surface area contributed by atoms with Crippen molar-refractivity contribution in [2.45, 2.75) is 90.9 Å². The second-order valence-corrected chi connectivity index (χ2v) is 14.9. The monoisotopic (exact) mass is 721 g/mol. The van der Waals surface area contributed by atoms with E-state index in [0.717, 1.165) is 70.7 Å². The maximum Gasteiger partial charge on any atom is 0.407 e. The number of hydrogen-bond acceptors (Lipinski definition) is 7. The minimum absolute atomic E-state index is 0.0225. The fourth-order valence-corrected chi connectivity index (χ4v) is 7.68. The molecule has 2 aromatic carbocycles. The van der Waals surface area contributed by atoms with Crippen molar-refractivity contribution >= 4 is 35.1 Å². The first-order chi connectivity index (χ1) is 25.4. The molecular weight excluding hydrogens is 670 g/mol. The average molecular weight is 722 g/mol. The van der Waals surface area contributed by atoms with Crippen LogP contribution in [0.15, 0.2) is 65.9 Å². The summed E-state index contributed by atoms with van der Waals surface area (Å²) in [7, 11) is 1.30. The average Bonchev–Trinajstić information content (AvgIpc) is 3.98. The highest BCUT2D eigenvalue weighted by Crippen LogP contribution is 2.34. The Balaban J connectivity index is 1.07. The molecule has 0 spiro atoms. The number of amides is 4. The summed E-state index contributed by atoms with van der Waals surface area (Å²) in [6, 6.07) is 15.3. The second kappa shape index (κ2) is 16.2. The number of aromatic amines is 1. The first-order valence-corrected chi connectivity index (χ1v) is 18.7. The standard InChI is InChI=1S/C41H51N7O5/c1-24(2)36(44-26(5)49)39(50)48-20-8-10-35(48)38-43-23-33(45-38)30-17-15-28(16-18-30)27-11-13-29(14-12-27)31-21-32(42-22-31)34-9-7-19-47(34)40(51)37(25(3)4)46-41(52)53-6/h11-18,22-25,34-37H,7-10,19-21H2,1-6H3,(H,43,45)(H,44,49)(H,46,52)/t34-,35+,36-,37+/m0/s1. The normalized spacial score (nSPS) is 19.6. The number of H-pyrrole nitrogens is 1. The SMILES string of the molecule is COC(=O)N[C@@H](C(=O)N1CCC[C@H]1C1=NC=C(c2ccc(-c3ccc(-c4cnc([C@H]5CCCN5C(=O)[C@@H](NC(C)=O)C(C)C)[nH]4)cc3)cc2)C1)C(C)C. The van der Waals surface area contributed by atoms with Crippen LogP contribution >= 0.6 is 0 Å². The molecule has 280 valence electrons. The molecule has 3 aliphatic heterocycles. The summed E-state index contributed by atoms with van der Waals surface area (Å²) in [5.41, 5.74) is 7.24. The number of benzene rings is 2. The van der Waals surface area contributed by atoms with Gasteiger partial charge in [-0.3, -0.25) is 19.4 Å². The van der Waals surface area contributed by atoms with Gasteiger partial charge in [-0.25, -0.2) is 9.78 Å². The number of aromatic nitrogens is 2. The van der Waals surface area contributed by atoms with Gasteiger partial charge in [0, 0.05) is 38.3 Å². The van der Waals surface area contributed by atoms with Gasteiger partial charge in [0.25, 0.3) is 0 Å². The fraction of sp³-hybridized carbons (Fsp3) is 0.463. The number of aliphatic imine (C=N–C) groups is 1. The lowest BCUT2D eigenvalue weighted by atomic mass is 9.95. The van der Waals surface area contributed by atoms with Gasteiger partial charge in [-0.2, -0.15) is 0 Å². The topological polar surface area (TPSA) is 149 Å². The van der Waals surface area contributed by atoms with Gasteiger partial charge in [-0.05, 0) is 65.3 Å². The van der Waals surface area contributed by atoms with E-state index in [1.165, 1.54) is 14.0 Å². The van der Waals surface area contributed by atoms with E-state index in [4.69, 9.17) is 9.73 Å². The van der Waals surface area contributed by atoms with E-state index in [1.807, 2.05) is 49.9 Å². The molecule has 4 amide bonds. The van der Waals surface area contributed by atoms with Gasteiger partial charge in [-0.15, -0.1) is 0 Å². The Bertz CT molecular complexity index is 1880. The van der Waals surface area contributed by atoms with Gasteiger partial charge in [0.2, 0.25) is 17.7 Å². The fourth-order valence-electron chi connectivity index (χ4n) is 7.68. The van der Waals surface area contributed by atoms with Crippen LogP contribution in [-0.4, -0.2) is 87.6 Å². The highest BCUT2D eigenvalue weighted by Gasteiger charge is 2.39. The van der Waals surface area contributed by atoms with Crippen LogP contribution in [-0.2, 0) is 19.1 Å². The van der Waals surface area contributed by atoms with Crippen molar-refractivity contribution in [3.05, 3.63) is 72.3 Å². The number of nitrogens with one attached hydrogen (secondary N) is 3. The van der Waals surface area contributed by atoms with Gasteiger partial charge in [0.1, 0.15) is 17.9 Å². The highest BCUT2D eigenvalue weighted by molar-refractivity contribution is 6.04. The molecule has 53 heavy (non-hydrogen) atoms. The number of carbonyl (C=O) groups is 4. The van der Waals surface area contributed by atoms with Crippen molar-refractivity contribution < 1.29 is 23.9 Å². The predicted molar refractivity (Wildman–Crippen MR) is 205 cm³/mol. The molecule has 0 radical (unpaired) electrons. The third-order valence-corrected chi connectivity index (χ3v) is 10.6. The molecule has 12 nitrogen and oxygen atoms in total. The molecule has 0 bridgehead atoms. The lowest BCUT2D eigenvalue weighted by Crippen LogP contribution is -2.53. The van der Waals surface area contributed by atoms with E-state index in [9.17, 15) is 19.2 Å². The zero-order valence-corrected chi connectivity index (χ0v) is 31.5. The molecule has 3 N–H and O–H groups in total. The molecule has 12 heteroatoms. The summed E-state index contributed by atoms with van der Waals surface area (Å²) in [5.74, 6) is 0.277. The van der Waals surface area contributed by atoms with E-state index in [1.54, 1.807) is 0 Å². The molecule has 0 saturated carbocycles. The molecule has 3 aliphatic rings. The Kier molecular flexibility index (Phi) is 11.4. The Morgan fingerprint density at radius 2 is 1.30 bits per heavy atom. The number of allylic oxidation sites excluding steroid dienone is 1. The number of likely N-dealkylation sites (tertiary alicyclic amines) is 2. The van der Waals surface area contributed by atoms with Gasteiger partial charge >= 0.3 is 6.09 Å². The minimum Gasteiger partial charge on any atom is -0.453 e. The summed E-state index contributed by atoms with van der Waals surface area (Å²) in [6.45, 7) is 10.4. The quantitative estimate of drug-likeness (QED) is 0.217. The maximum absolute atomic E-state index is 13.5. The van der Waals surface area contributed by atoms with Crippen LogP contribution in [0.1, 0.15) is 84.2 Å². The summed E-state index contributed by atoms with van der Waals surface area (Å²) in [5, 5.41) is 5.54. The minimum atomic E-state index is -0.656. The first-order valence-electron chi connectivity index (χ1n) is 18.7. The van der Waals surface area contributed by atoms with E-state index in [-0.39, 0.29) is 41.6 Å². The Morgan fingerprint density at radius 3 is 1.87 bits per heavy atom. The van der Waals surface area contributed by atoms with Crippen molar-refractivity contribution in [2.75, 3.05) is 20.2 Å². The van der Waals surface area contributed by atoms with Crippen LogP contribution in [0.3, 0.4) is 0 Å². The molecule has 0 unspecified atom stereocenters. The third-order valence-electron chi connectivity index (χ3n) is 10.6. The van der Waals surface area contributed by atoms with Crippen LogP contribution in [0.25, 0.3) is 28.0 Å². The van der Waals surface area contributed by atoms with Crippen molar-refractivity contribution in [2.24, 2.45) is 16.8 Å². The van der Waals surface area contributed by atoms with Crippen LogP contribution in [0, 0.1) is 11.8 Å². The highest BCUT2D eigenvalue weighted by atomic mass is 16.5. The van der Waals surface area contributed by atoms with Gasteiger partial charge in [-0.1, -0.05) is 76.2 Å². The van der Waals surface area contributed by atoms with Gasteiger partial charge < -0.3 is 30.2 Å². The van der Waals surface area contributed by atoms with Crippen LogP contribution in [0.4, 0.5) is 4.79 Å². The lowest BCUT2D eigenvalue weighted by molar-refractivity contribution is -0.138. The Labute approximate surface area is 311 Å². The summed E-state index contributed by atoms with van der Waals surface area (Å²) >= 11 is 0. The summed E-state index contributed by atoms with van der Waals surface area (Å²) in [6.07, 6.45) is 7.24. The molecule has 2 fully saturated rings. The van der Waals surface area contributed by atoms with Crippen molar-refractivity contribution in [3.8, 4) is 22.4 Å². The molecule has 2 saturated heterocycles. The van der Waals surface area contributed by atoms with E-state index >= 15 is 0 Å². The molecular formula is C41H51N7O5. The van der Waals surface area contributed by atoms with E-state index in [2.05, 4.69) is 69.1 Å². The predicted octanol–water partition coefficient (Wildman–Crippen LogP) is 6.13. The largest absolute Gasteiger partial charge is 0.453 e. The van der Waals surface area contributed by atoms with Gasteiger partial charge in [0.15, 0.2) is 0 Å². The number of nitrogens with zero attached hydrogens (tertiary/aromatic N) is 4. The van der Waals surface area contributed by atoms with Crippen molar-refractivity contribution in [1.29, 1.82) is 0 Å². The lowest BCUT2D eigenvalue weighted by Gasteiger charge is -2.31. The summed E-state index contributed by atoms with van der Waals surface area (Å²) in [4.78, 5) is 67.4. The Hall–Kier alpha value is -5.26. The molecule has 4 atom stereocenters. The smallest absolute Gasteiger partial charge is 0.407 e. The summed E-state index contributed by atoms with van der Waals surface area (Å²) < 4.78 is 4.76. The molecule has 1 aromatic heterocycles. The molecule has 3 aromatic rings. The van der Waals surface area contributed by atoms with Crippen LogP contribution in [0.5, 0.6) is 0 Å². The maximum atomic E-state index is 13.5. The van der Waals surface area contributed by atoms with Crippen LogP contribution in [0.2, 0.25) is 0 Å². The number of hydrogen-bond donors (Lipinski definition) is 3. The molecule has 4 heterocycles. The second-order valence-electron chi connectivity index (χ2n) is 14.9. The van der Waals surface area contributed by atoms with Gasteiger partial charge in [0.05, 0.1) is 31.1 Å². The zero-order chi connectivity index (χ0) is 37.8. The van der Waals surface area contributed by atoms with E-state index < -0.39 is 18.2 Å². The van der Waals surface area contributed by atoms with Crippen molar-refractivity contribution in [3.63, 3.8) is 0 Å². The third kappa shape index (κ3) is 8.21. The van der Waals surface area contributed by atoms with Crippen molar-refractivity contribution in [1.82, 2.24) is 30.4 Å². The number of ether oxygens (including phenoxy) is 1. The number of alkyl carbamates (subject to hydrolysis) is 1. The number of imidazole rings is 1. The number of methoxy groups -OCH3 is 1. The zero-order valence-electron chi connectivity index (χ0n) is 31.5. The number of rotatable bonds is 11. The number of carbonyl (C=O) groups excluding carboxylic acids is 4. The molecule has 6 rings (SSSR count).